The molecule has 176 valence electrons. The van der Waals surface area contributed by atoms with Gasteiger partial charge in [0, 0.05) is 24.9 Å². The average molecular weight is 489 g/mol. The van der Waals surface area contributed by atoms with E-state index in [2.05, 4.69) is 15.3 Å². The molecule has 6 nitrogen and oxygen atoms in total. The number of para-hydroxylation sites is 2. The van der Waals surface area contributed by atoms with Crippen molar-refractivity contribution in [3.05, 3.63) is 108 Å². The number of oxazole rings is 1. The van der Waals surface area contributed by atoms with E-state index in [4.69, 9.17) is 16.0 Å². The van der Waals surface area contributed by atoms with E-state index < -0.39 is 0 Å². The van der Waals surface area contributed by atoms with E-state index in [1.807, 2.05) is 47.0 Å². The maximum absolute atomic E-state index is 13.5. The predicted octanol–water partition coefficient (Wildman–Crippen LogP) is 5.97. The van der Waals surface area contributed by atoms with Gasteiger partial charge in [-0.05, 0) is 42.0 Å². The van der Waals surface area contributed by atoms with Crippen molar-refractivity contribution in [3.8, 4) is 11.3 Å². The summed E-state index contributed by atoms with van der Waals surface area (Å²) >= 11 is 6.23. The average Bonchev–Trinajstić information content (AvgIpc) is 3.51. The molecule has 0 saturated heterocycles. The summed E-state index contributed by atoms with van der Waals surface area (Å²) in [5, 5.41) is 3.64. The van der Waals surface area contributed by atoms with Crippen LogP contribution in [0.3, 0.4) is 0 Å². The molecule has 0 fully saturated rings. The number of rotatable bonds is 8. The number of halogens is 2. The van der Waals surface area contributed by atoms with Gasteiger partial charge in [0.15, 0.2) is 11.7 Å². The molecule has 0 saturated carbocycles. The van der Waals surface area contributed by atoms with Crippen molar-refractivity contribution in [2.75, 3.05) is 0 Å². The van der Waals surface area contributed by atoms with Gasteiger partial charge >= 0.3 is 0 Å². The molecule has 0 bridgehead atoms. The van der Waals surface area contributed by atoms with Crippen molar-refractivity contribution in [1.82, 2.24) is 19.9 Å². The molecule has 1 unspecified atom stereocenters. The third-order valence-corrected chi connectivity index (χ3v) is 6.10. The number of amides is 1. The highest BCUT2D eigenvalue weighted by Gasteiger charge is 2.18. The summed E-state index contributed by atoms with van der Waals surface area (Å²) in [7, 11) is 0. The minimum absolute atomic E-state index is 0.166. The summed E-state index contributed by atoms with van der Waals surface area (Å²) in [5.74, 6) is 0.516. The van der Waals surface area contributed by atoms with Crippen molar-refractivity contribution in [1.29, 1.82) is 0 Å². The Kier molecular flexibility index (Phi) is 6.59. The van der Waals surface area contributed by atoms with Crippen LogP contribution >= 0.6 is 11.6 Å². The summed E-state index contributed by atoms with van der Waals surface area (Å²) in [6.07, 6.45) is 3.88. The molecule has 2 heterocycles. The highest BCUT2D eigenvalue weighted by atomic mass is 35.5. The van der Waals surface area contributed by atoms with Crippen LogP contribution in [-0.4, -0.2) is 20.4 Å². The summed E-state index contributed by atoms with van der Waals surface area (Å²) in [5.41, 5.74) is 3.38. The van der Waals surface area contributed by atoms with Crippen LogP contribution < -0.4 is 5.32 Å². The molecule has 0 aliphatic rings. The Morgan fingerprint density at radius 2 is 1.80 bits per heavy atom. The standard InChI is InChI=1S/C27H22ClFN4O2/c28-21-6-2-1-5-20(21)25-15-30-27(35-25)14-13-26(34)32-23(18-9-11-19(29)12-10-18)16-33-17-31-22-7-3-4-8-24(22)33/h1-12,15,17,23H,13-14,16H2,(H,32,34). The Morgan fingerprint density at radius 1 is 1.03 bits per heavy atom. The molecule has 0 spiro atoms. The largest absolute Gasteiger partial charge is 0.441 e. The number of aryl methyl sites for hydroxylation is 1. The molecule has 35 heavy (non-hydrogen) atoms. The van der Waals surface area contributed by atoms with Gasteiger partial charge in [-0.15, -0.1) is 0 Å². The van der Waals surface area contributed by atoms with Crippen molar-refractivity contribution in [2.45, 2.75) is 25.4 Å². The lowest BCUT2D eigenvalue weighted by Crippen LogP contribution is -2.31. The number of nitrogens with zero attached hydrogens (tertiary/aromatic N) is 3. The molecule has 3 aromatic carbocycles. The second kappa shape index (κ2) is 10.1. The lowest BCUT2D eigenvalue weighted by atomic mass is 10.1. The van der Waals surface area contributed by atoms with E-state index in [-0.39, 0.29) is 24.2 Å². The molecule has 1 N–H and O–H groups in total. The van der Waals surface area contributed by atoms with E-state index >= 15 is 0 Å². The molecule has 0 aliphatic heterocycles. The first-order valence-electron chi connectivity index (χ1n) is 11.2. The minimum atomic E-state index is -0.371. The summed E-state index contributed by atoms with van der Waals surface area (Å²) in [6.45, 7) is 0.452. The van der Waals surface area contributed by atoms with E-state index in [1.54, 1.807) is 30.7 Å². The zero-order valence-electron chi connectivity index (χ0n) is 18.7. The highest BCUT2D eigenvalue weighted by Crippen LogP contribution is 2.28. The topological polar surface area (TPSA) is 73.0 Å². The predicted molar refractivity (Wildman–Crippen MR) is 132 cm³/mol. The van der Waals surface area contributed by atoms with Crippen molar-refractivity contribution >= 4 is 28.5 Å². The second-order valence-electron chi connectivity index (χ2n) is 8.16. The molecule has 8 heteroatoms. The normalized spacial score (nSPS) is 12.1. The van der Waals surface area contributed by atoms with Gasteiger partial charge in [0.05, 0.1) is 34.6 Å². The molecule has 5 aromatic rings. The molecule has 2 aromatic heterocycles. The van der Waals surface area contributed by atoms with Crippen molar-refractivity contribution in [2.24, 2.45) is 0 Å². The molecular weight excluding hydrogens is 467 g/mol. The first kappa shape index (κ1) is 22.8. The van der Waals surface area contributed by atoms with Gasteiger partial charge in [-0.1, -0.05) is 48.0 Å². The van der Waals surface area contributed by atoms with Crippen LogP contribution in [0.1, 0.15) is 23.9 Å². The molecule has 1 amide bonds. The van der Waals surface area contributed by atoms with E-state index in [9.17, 15) is 9.18 Å². The monoisotopic (exact) mass is 488 g/mol. The van der Waals surface area contributed by atoms with E-state index in [1.165, 1.54) is 12.1 Å². The lowest BCUT2D eigenvalue weighted by Gasteiger charge is -2.20. The fourth-order valence-electron chi connectivity index (χ4n) is 3.98. The Labute approximate surface area is 206 Å². The van der Waals surface area contributed by atoms with Gasteiger partial charge in [0.25, 0.3) is 0 Å². The third-order valence-electron chi connectivity index (χ3n) is 5.77. The molecule has 0 radical (unpaired) electrons. The lowest BCUT2D eigenvalue weighted by molar-refractivity contribution is -0.122. The molecular formula is C27H22ClFN4O2. The Bertz CT molecular complexity index is 1460. The van der Waals surface area contributed by atoms with E-state index in [0.717, 1.165) is 22.2 Å². The second-order valence-corrected chi connectivity index (χ2v) is 8.56. The maximum atomic E-state index is 13.5. The summed E-state index contributed by atoms with van der Waals surface area (Å²) < 4.78 is 21.3. The van der Waals surface area contributed by atoms with Crippen LogP contribution in [-0.2, 0) is 17.8 Å². The first-order valence-corrected chi connectivity index (χ1v) is 11.6. The number of imidazole rings is 1. The van der Waals surface area contributed by atoms with Crippen LogP contribution in [0.4, 0.5) is 4.39 Å². The zero-order valence-corrected chi connectivity index (χ0v) is 19.5. The Balaban J connectivity index is 1.29. The SMILES string of the molecule is O=C(CCc1ncc(-c2ccccc2Cl)o1)NC(Cn1cnc2ccccc21)c1ccc(F)cc1. The van der Waals surface area contributed by atoms with Gasteiger partial charge in [-0.2, -0.15) is 0 Å². The van der Waals surface area contributed by atoms with Gasteiger partial charge in [-0.25, -0.2) is 14.4 Å². The number of hydrogen-bond donors (Lipinski definition) is 1. The third kappa shape index (κ3) is 5.25. The van der Waals surface area contributed by atoms with Crippen LogP contribution in [0.25, 0.3) is 22.4 Å². The fourth-order valence-corrected chi connectivity index (χ4v) is 4.21. The number of carbonyl (C=O) groups is 1. The first-order chi connectivity index (χ1) is 17.1. The minimum Gasteiger partial charge on any atom is -0.441 e. The number of hydrogen-bond acceptors (Lipinski definition) is 4. The van der Waals surface area contributed by atoms with E-state index in [0.29, 0.717) is 29.6 Å². The van der Waals surface area contributed by atoms with Gasteiger partial charge < -0.3 is 14.3 Å². The number of benzene rings is 3. The van der Waals surface area contributed by atoms with Crippen LogP contribution in [0.15, 0.2) is 89.7 Å². The molecule has 0 aliphatic carbocycles. The number of carbonyl (C=O) groups excluding carboxylic acids is 1. The van der Waals surface area contributed by atoms with Crippen molar-refractivity contribution < 1.29 is 13.6 Å². The number of aromatic nitrogens is 3. The molecule has 5 rings (SSSR count). The maximum Gasteiger partial charge on any atom is 0.221 e. The van der Waals surface area contributed by atoms with Crippen molar-refractivity contribution in [3.63, 3.8) is 0 Å². The Morgan fingerprint density at radius 3 is 2.63 bits per heavy atom. The van der Waals surface area contributed by atoms with Crippen LogP contribution in [0, 0.1) is 5.82 Å². The molecule has 1 atom stereocenters. The van der Waals surface area contributed by atoms with Crippen LogP contribution in [0.2, 0.25) is 5.02 Å². The summed E-state index contributed by atoms with van der Waals surface area (Å²) in [4.78, 5) is 21.6. The van der Waals surface area contributed by atoms with Gasteiger partial charge in [-0.3, -0.25) is 4.79 Å². The van der Waals surface area contributed by atoms with Gasteiger partial charge in [0.1, 0.15) is 5.82 Å². The fraction of sp³-hybridized carbons (Fsp3) is 0.148. The Hall–Kier alpha value is -3.97. The zero-order chi connectivity index (χ0) is 24.2. The highest BCUT2D eigenvalue weighted by molar-refractivity contribution is 6.33. The number of fused-ring (bicyclic) bond motifs is 1. The number of nitrogens with one attached hydrogen (secondary N) is 1. The smallest absolute Gasteiger partial charge is 0.221 e. The van der Waals surface area contributed by atoms with Gasteiger partial charge in [0.2, 0.25) is 5.91 Å². The quantitative estimate of drug-likeness (QED) is 0.292. The van der Waals surface area contributed by atoms with Crippen LogP contribution in [0.5, 0.6) is 0 Å². The summed E-state index contributed by atoms with van der Waals surface area (Å²) in [6, 6.07) is 20.9.